The summed E-state index contributed by atoms with van der Waals surface area (Å²) in [4.78, 5) is 4.26. The summed E-state index contributed by atoms with van der Waals surface area (Å²) in [6.07, 6.45) is 1.40. The van der Waals surface area contributed by atoms with Crippen LogP contribution in [0.5, 0.6) is 0 Å². The second-order valence-electron chi connectivity index (χ2n) is 5.72. The van der Waals surface area contributed by atoms with Crippen LogP contribution in [0.2, 0.25) is 0 Å². The lowest BCUT2D eigenvalue weighted by Gasteiger charge is -2.18. The molecule has 0 amide bonds. The molecule has 2 aromatic carbocycles. The predicted octanol–water partition coefficient (Wildman–Crippen LogP) is 4.54. The van der Waals surface area contributed by atoms with Crippen molar-refractivity contribution in [1.29, 1.82) is 0 Å². The normalized spacial score (nSPS) is 11.8. The smallest absolute Gasteiger partial charge is 0.122 e. The molecule has 0 aliphatic heterocycles. The van der Waals surface area contributed by atoms with Gasteiger partial charge in [-0.25, -0.2) is 10.1 Å². The van der Waals surface area contributed by atoms with E-state index in [1.807, 2.05) is 42.5 Å². The van der Waals surface area contributed by atoms with Crippen LogP contribution in [-0.4, -0.2) is 11.5 Å². The molecule has 0 saturated carbocycles. The molecular formula is C17H20N2O. The molecule has 20 heavy (non-hydrogen) atoms. The van der Waals surface area contributed by atoms with Crippen molar-refractivity contribution < 1.29 is 5.21 Å². The summed E-state index contributed by atoms with van der Waals surface area (Å²) in [6, 6.07) is 17.3. The fourth-order valence-corrected chi connectivity index (χ4v) is 1.82. The Hall–Kier alpha value is -2.13. The van der Waals surface area contributed by atoms with Gasteiger partial charge in [-0.05, 0) is 35.2 Å². The molecule has 0 radical (unpaired) electrons. The largest absolute Gasteiger partial charge is 0.283 e. The third-order valence-electron chi connectivity index (χ3n) is 3.07. The Labute approximate surface area is 120 Å². The summed E-state index contributed by atoms with van der Waals surface area (Å²) in [6.45, 7) is 6.53. The van der Waals surface area contributed by atoms with Crippen LogP contribution in [0.4, 0.5) is 11.4 Å². The summed E-state index contributed by atoms with van der Waals surface area (Å²) in [5.41, 5.74) is 2.89. The fraction of sp³-hybridized carbons (Fsp3) is 0.235. The maximum absolute atomic E-state index is 9.85. The highest BCUT2D eigenvalue weighted by Gasteiger charge is 2.12. The summed E-state index contributed by atoms with van der Waals surface area (Å²) < 4.78 is 0. The van der Waals surface area contributed by atoms with Crippen LogP contribution in [0.1, 0.15) is 26.3 Å². The maximum atomic E-state index is 9.85. The van der Waals surface area contributed by atoms with E-state index < -0.39 is 0 Å². The SMILES string of the molecule is CC(C)(C)c1ccc(N=CN(O)c2ccccc2)cc1. The molecule has 0 unspecified atom stereocenters. The molecule has 0 aliphatic rings. The summed E-state index contributed by atoms with van der Waals surface area (Å²) >= 11 is 0. The van der Waals surface area contributed by atoms with E-state index in [0.29, 0.717) is 5.69 Å². The molecule has 104 valence electrons. The summed E-state index contributed by atoms with van der Waals surface area (Å²) in [7, 11) is 0. The van der Waals surface area contributed by atoms with Crippen molar-refractivity contribution in [2.75, 3.05) is 5.06 Å². The second-order valence-corrected chi connectivity index (χ2v) is 5.72. The zero-order chi connectivity index (χ0) is 14.6. The standard InChI is InChI=1S/C17H20N2O/c1-17(2,3)14-9-11-15(12-10-14)18-13-19(20)16-7-5-4-6-8-16/h4-13,20H,1-3H3. The van der Waals surface area contributed by atoms with E-state index in [2.05, 4.69) is 37.9 Å². The first kappa shape index (κ1) is 14.3. The molecule has 3 nitrogen and oxygen atoms in total. The van der Waals surface area contributed by atoms with Gasteiger partial charge in [-0.15, -0.1) is 0 Å². The van der Waals surface area contributed by atoms with Crippen LogP contribution in [0.15, 0.2) is 59.6 Å². The minimum Gasteiger partial charge on any atom is -0.283 e. The highest BCUT2D eigenvalue weighted by Crippen LogP contribution is 2.24. The van der Waals surface area contributed by atoms with Crippen molar-refractivity contribution in [3.63, 3.8) is 0 Å². The van der Waals surface area contributed by atoms with Gasteiger partial charge in [0.1, 0.15) is 6.34 Å². The molecular weight excluding hydrogens is 248 g/mol. The Morgan fingerprint density at radius 3 is 2.10 bits per heavy atom. The lowest BCUT2D eigenvalue weighted by molar-refractivity contribution is 0.317. The Bertz CT molecular complexity index is 568. The molecule has 2 aromatic rings. The molecule has 0 bridgehead atoms. The third kappa shape index (κ3) is 3.68. The van der Waals surface area contributed by atoms with Gasteiger partial charge < -0.3 is 0 Å². The Morgan fingerprint density at radius 1 is 0.950 bits per heavy atom. The van der Waals surface area contributed by atoms with Gasteiger partial charge >= 0.3 is 0 Å². The average Bonchev–Trinajstić information content (AvgIpc) is 2.45. The van der Waals surface area contributed by atoms with E-state index in [-0.39, 0.29) is 5.41 Å². The van der Waals surface area contributed by atoms with Gasteiger partial charge in [-0.1, -0.05) is 51.1 Å². The number of hydrogen-bond donors (Lipinski definition) is 1. The highest BCUT2D eigenvalue weighted by atomic mass is 16.5. The lowest BCUT2D eigenvalue weighted by atomic mass is 9.87. The summed E-state index contributed by atoms with van der Waals surface area (Å²) in [5.74, 6) is 0. The molecule has 2 rings (SSSR count). The molecule has 0 aliphatic carbocycles. The van der Waals surface area contributed by atoms with E-state index >= 15 is 0 Å². The number of aliphatic imine (C=N–C) groups is 1. The highest BCUT2D eigenvalue weighted by molar-refractivity contribution is 5.78. The molecule has 3 heteroatoms. The van der Waals surface area contributed by atoms with Gasteiger partial charge in [0.05, 0.1) is 11.4 Å². The Balaban J connectivity index is 2.08. The first-order valence-corrected chi connectivity index (χ1v) is 6.65. The van der Waals surface area contributed by atoms with Crippen molar-refractivity contribution in [3.05, 3.63) is 60.2 Å². The number of hydroxylamine groups is 1. The molecule has 0 spiro atoms. The molecule has 0 saturated heterocycles. The zero-order valence-corrected chi connectivity index (χ0v) is 12.1. The minimum atomic E-state index is 0.134. The predicted molar refractivity (Wildman–Crippen MR) is 84.0 cm³/mol. The van der Waals surface area contributed by atoms with Crippen LogP contribution in [0.25, 0.3) is 0 Å². The number of anilines is 1. The van der Waals surface area contributed by atoms with Crippen LogP contribution < -0.4 is 5.06 Å². The minimum absolute atomic E-state index is 0.134. The van der Waals surface area contributed by atoms with Crippen LogP contribution >= 0.6 is 0 Å². The second kappa shape index (κ2) is 5.88. The van der Waals surface area contributed by atoms with Gasteiger partial charge in [-0.2, -0.15) is 0 Å². The number of rotatable bonds is 3. The first-order chi connectivity index (χ1) is 9.47. The van der Waals surface area contributed by atoms with Crippen LogP contribution in [0, 0.1) is 0 Å². The monoisotopic (exact) mass is 268 g/mol. The van der Waals surface area contributed by atoms with Crippen molar-refractivity contribution >= 4 is 17.7 Å². The zero-order valence-electron chi connectivity index (χ0n) is 12.1. The molecule has 0 aromatic heterocycles. The van der Waals surface area contributed by atoms with Gasteiger partial charge in [0.25, 0.3) is 0 Å². The number of hydrogen-bond acceptors (Lipinski definition) is 2. The number of para-hydroxylation sites is 1. The molecule has 0 heterocycles. The number of nitrogens with zero attached hydrogens (tertiary/aromatic N) is 2. The topological polar surface area (TPSA) is 35.8 Å². The van der Waals surface area contributed by atoms with Crippen molar-refractivity contribution in [2.24, 2.45) is 4.99 Å². The van der Waals surface area contributed by atoms with Gasteiger partial charge in [-0.3, -0.25) is 5.21 Å². The quantitative estimate of drug-likeness (QED) is 0.504. The van der Waals surface area contributed by atoms with Crippen LogP contribution in [-0.2, 0) is 5.41 Å². The van der Waals surface area contributed by atoms with Gasteiger partial charge in [0, 0.05) is 0 Å². The van der Waals surface area contributed by atoms with E-state index in [1.54, 1.807) is 0 Å². The Morgan fingerprint density at radius 2 is 1.55 bits per heavy atom. The van der Waals surface area contributed by atoms with E-state index in [1.165, 1.54) is 11.9 Å². The van der Waals surface area contributed by atoms with Crippen molar-refractivity contribution in [1.82, 2.24) is 0 Å². The van der Waals surface area contributed by atoms with Gasteiger partial charge in [0.15, 0.2) is 0 Å². The Kier molecular flexibility index (Phi) is 4.20. The van der Waals surface area contributed by atoms with E-state index in [0.717, 1.165) is 10.8 Å². The molecule has 0 fully saturated rings. The van der Waals surface area contributed by atoms with Crippen LogP contribution in [0.3, 0.4) is 0 Å². The average molecular weight is 268 g/mol. The number of benzene rings is 2. The third-order valence-corrected chi connectivity index (χ3v) is 3.07. The van der Waals surface area contributed by atoms with Crippen molar-refractivity contribution in [3.8, 4) is 0 Å². The fourth-order valence-electron chi connectivity index (χ4n) is 1.82. The molecule has 0 atom stereocenters. The maximum Gasteiger partial charge on any atom is 0.122 e. The first-order valence-electron chi connectivity index (χ1n) is 6.65. The van der Waals surface area contributed by atoms with E-state index in [9.17, 15) is 5.21 Å². The molecule has 1 N–H and O–H groups in total. The van der Waals surface area contributed by atoms with E-state index in [4.69, 9.17) is 0 Å². The van der Waals surface area contributed by atoms with Crippen molar-refractivity contribution in [2.45, 2.75) is 26.2 Å². The summed E-state index contributed by atoms with van der Waals surface area (Å²) in [5, 5.41) is 10.9. The lowest BCUT2D eigenvalue weighted by Crippen LogP contribution is -2.14. The van der Waals surface area contributed by atoms with Gasteiger partial charge in [0.2, 0.25) is 0 Å².